The molecule has 12 rings (SSSR count). The molecule has 2 heterocycles. The van der Waals surface area contributed by atoms with Gasteiger partial charge in [0.15, 0.2) is 0 Å². The average Bonchev–Trinajstić information content (AvgIpc) is 3.88. The Balaban J connectivity index is 0.947. The van der Waals surface area contributed by atoms with Crippen LogP contribution in [0.15, 0.2) is 224 Å². The van der Waals surface area contributed by atoms with Crippen LogP contribution in [0.2, 0.25) is 0 Å². The Morgan fingerprint density at radius 2 is 1.03 bits per heavy atom. The summed E-state index contributed by atoms with van der Waals surface area (Å²) >= 11 is 0. The third kappa shape index (κ3) is 6.10. The van der Waals surface area contributed by atoms with Crippen LogP contribution in [0.25, 0.3) is 77.3 Å². The van der Waals surface area contributed by atoms with Gasteiger partial charge in [-0.1, -0.05) is 158 Å². The summed E-state index contributed by atoms with van der Waals surface area (Å²) in [6.07, 6.45) is 9.76. The van der Waals surface area contributed by atoms with Gasteiger partial charge in [0.2, 0.25) is 0 Å². The number of hydrogen-bond acceptors (Lipinski definition) is 1. The zero-order chi connectivity index (χ0) is 40.3. The SMILES string of the molecule is C1=C(c2ccccc2)CCC(N(c2ccc(-c3ccccc3)cc2)c2ccc(-c3ccc4ccc5c(c(-c6ccc7c(c6)Cc6ccccc6-7)c6ccccn65)c4c3)cc2)=C1. The third-order valence-electron chi connectivity index (χ3n) is 13.0. The van der Waals surface area contributed by atoms with Crippen molar-refractivity contribution in [1.82, 2.24) is 4.40 Å². The molecule has 2 aromatic heterocycles. The summed E-state index contributed by atoms with van der Waals surface area (Å²) in [7, 11) is 0. The summed E-state index contributed by atoms with van der Waals surface area (Å²) in [6, 6.07) is 73.7. The summed E-state index contributed by atoms with van der Waals surface area (Å²) in [5.41, 5.74) is 21.7. The number of hydrogen-bond donors (Lipinski definition) is 0. The predicted molar refractivity (Wildman–Crippen MR) is 257 cm³/mol. The number of allylic oxidation sites excluding steroid dienone is 4. The molecule has 0 radical (unpaired) electrons. The summed E-state index contributed by atoms with van der Waals surface area (Å²) in [4.78, 5) is 2.44. The summed E-state index contributed by atoms with van der Waals surface area (Å²) in [6.45, 7) is 0. The number of pyridine rings is 1. The second-order valence-corrected chi connectivity index (χ2v) is 16.4. The Kier molecular flexibility index (Phi) is 8.41. The molecule has 0 aliphatic heterocycles. The Hall–Kier alpha value is -7.68. The van der Waals surface area contributed by atoms with Gasteiger partial charge < -0.3 is 9.30 Å². The topological polar surface area (TPSA) is 7.65 Å². The van der Waals surface area contributed by atoms with Crippen molar-refractivity contribution in [2.24, 2.45) is 0 Å². The van der Waals surface area contributed by atoms with Gasteiger partial charge in [-0.15, -0.1) is 0 Å². The number of benzene rings is 8. The van der Waals surface area contributed by atoms with Crippen LogP contribution >= 0.6 is 0 Å². The highest BCUT2D eigenvalue weighted by Crippen LogP contribution is 2.45. The standard InChI is InChI=1S/C59H42N2/c1-3-11-40(12-4-1)42-20-28-50(29-21-42)61(51-30-22-43(23-31-51)41-13-5-2-6-14-41)52-32-24-44(25-33-52)46-19-18-45-27-35-57-59(55(45)39-46)58(56-17-9-10-36-60(56)57)48-26-34-54-49(38-48)37-47-15-7-8-16-53(47)54/h1-22,24-30,32-36,38-39H,23,31,37H2. The molecule has 2 aliphatic rings. The summed E-state index contributed by atoms with van der Waals surface area (Å²) < 4.78 is 2.37. The lowest BCUT2D eigenvalue weighted by Crippen LogP contribution is -2.17. The van der Waals surface area contributed by atoms with E-state index in [1.54, 1.807) is 0 Å². The van der Waals surface area contributed by atoms with Gasteiger partial charge in [0, 0.05) is 34.2 Å². The zero-order valence-electron chi connectivity index (χ0n) is 33.8. The molecule has 8 aromatic carbocycles. The highest BCUT2D eigenvalue weighted by Gasteiger charge is 2.23. The summed E-state index contributed by atoms with van der Waals surface area (Å²) in [5.74, 6) is 0. The lowest BCUT2D eigenvalue weighted by atomic mass is 9.93. The van der Waals surface area contributed by atoms with Gasteiger partial charge in [-0.3, -0.25) is 0 Å². The first-order valence-corrected chi connectivity index (χ1v) is 21.4. The molecule has 10 aromatic rings. The molecule has 0 saturated heterocycles. The lowest BCUT2D eigenvalue weighted by Gasteiger charge is -2.30. The Morgan fingerprint density at radius 1 is 0.410 bits per heavy atom. The maximum Gasteiger partial charge on any atom is 0.0541 e. The molecule has 0 amide bonds. The molecule has 2 heteroatoms. The molecule has 0 N–H and O–H groups in total. The quantitative estimate of drug-likeness (QED) is 0.156. The van der Waals surface area contributed by atoms with Gasteiger partial charge in [0.25, 0.3) is 0 Å². The molecule has 0 fully saturated rings. The fraction of sp³-hybridized carbons (Fsp3) is 0.0508. The first-order chi connectivity index (χ1) is 30.2. The van der Waals surface area contributed by atoms with E-state index in [0.717, 1.165) is 30.6 Å². The number of fused-ring (bicyclic) bond motifs is 8. The molecule has 61 heavy (non-hydrogen) atoms. The fourth-order valence-corrected chi connectivity index (χ4v) is 9.95. The van der Waals surface area contributed by atoms with E-state index in [9.17, 15) is 0 Å². The van der Waals surface area contributed by atoms with E-state index in [1.807, 2.05) is 0 Å². The molecular formula is C59H42N2. The van der Waals surface area contributed by atoms with Crippen molar-refractivity contribution in [3.8, 4) is 44.5 Å². The fourth-order valence-electron chi connectivity index (χ4n) is 9.95. The molecule has 0 bridgehead atoms. The van der Waals surface area contributed by atoms with Crippen LogP contribution in [0.3, 0.4) is 0 Å². The van der Waals surface area contributed by atoms with Crippen LogP contribution in [0.5, 0.6) is 0 Å². The minimum atomic E-state index is 0.953. The van der Waals surface area contributed by atoms with E-state index in [0.29, 0.717) is 0 Å². The van der Waals surface area contributed by atoms with Crippen LogP contribution in [-0.2, 0) is 6.42 Å². The Labute approximate surface area is 356 Å². The van der Waals surface area contributed by atoms with Crippen LogP contribution < -0.4 is 4.90 Å². The molecule has 2 aliphatic carbocycles. The highest BCUT2D eigenvalue weighted by molar-refractivity contribution is 6.19. The second kappa shape index (κ2) is 14.5. The van der Waals surface area contributed by atoms with E-state index in [4.69, 9.17) is 0 Å². The van der Waals surface area contributed by atoms with E-state index in [-0.39, 0.29) is 0 Å². The normalized spacial score (nSPS) is 13.2. The minimum Gasteiger partial charge on any atom is -0.316 e. The number of anilines is 2. The largest absolute Gasteiger partial charge is 0.316 e. The molecule has 288 valence electrons. The maximum absolute atomic E-state index is 2.44. The zero-order valence-corrected chi connectivity index (χ0v) is 33.8. The number of rotatable bonds is 7. The molecule has 0 atom stereocenters. The van der Waals surface area contributed by atoms with E-state index >= 15 is 0 Å². The molecule has 0 spiro atoms. The van der Waals surface area contributed by atoms with Crippen LogP contribution in [-0.4, -0.2) is 4.40 Å². The van der Waals surface area contributed by atoms with Crippen LogP contribution in [0, 0.1) is 0 Å². The van der Waals surface area contributed by atoms with Gasteiger partial charge >= 0.3 is 0 Å². The second-order valence-electron chi connectivity index (χ2n) is 16.4. The van der Waals surface area contributed by atoms with Crippen molar-refractivity contribution in [1.29, 1.82) is 0 Å². The van der Waals surface area contributed by atoms with Gasteiger partial charge in [0.05, 0.1) is 11.0 Å². The van der Waals surface area contributed by atoms with Crippen molar-refractivity contribution in [2.75, 3.05) is 4.90 Å². The van der Waals surface area contributed by atoms with Gasteiger partial charge in [-0.25, -0.2) is 0 Å². The van der Waals surface area contributed by atoms with Crippen molar-refractivity contribution < 1.29 is 0 Å². The number of aromatic nitrogens is 1. The Bertz CT molecular complexity index is 3350. The lowest BCUT2D eigenvalue weighted by molar-refractivity contribution is 0.930. The first kappa shape index (κ1) is 35.3. The average molecular weight is 779 g/mol. The molecule has 0 unspecified atom stereocenters. The maximum atomic E-state index is 2.44. The minimum absolute atomic E-state index is 0.953. The van der Waals surface area contributed by atoms with E-state index < -0.39 is 0 Å². The number of nitrogens with zero attached hydrogens (tertiary/aromatic N) is 2. The molecular weight excluding hydrogens is 737 g/mol. The molecule has 0 saturated carbocycles. The van der Waals surface area contributed by atoms with Crippen molar-refractivity contribution in [3.63, 3.8) is 0 Å². The van der Waals surface area contributed by atoms with Crippen LogP contribution in [0.1, 0.15) is 29.5 Å². The first-order valence-electron chi connectivity index (χ1n) is 21.4. The summed E-state index contributed by atoms with van der Waals surface area (Å²) in [5, 5.41) is 3.82. The van der Waals surface area contributed by atoms with E-state index in [2.05, 4.69) is 228 Å². The predicted octanol–water partition coefficient (Wildman–Crippen LogP) is 15.7. The monoisotopic (exact) mass is 778 g/mol. The van der Waals surface area contributed by atoms with Crippen molar-refractivity contribution >= 4 is 44.1 Å². The highest BCUT2D eigenvalue weighted by atomic mass is 15.1. The van der Waals surface area contributed by atoms with E-state index in [1.165, 1.54) is 99.7 Å². The van der Waals surface area contributed by atoms with Crippen molar-refractivity contribution in [3.05, 3.63) is 241 Å². The van der Waals surface area contributed by atoms with Crippen molar-refractivity contribution in [2.45, 2.75) is 19.3 Å². The van der Waals surface area contributed by atoms with Gasteiger partial charge in [-0.2, -0.15) is 0 Å². The Morgan fingerprint density at radius 3 is 1.79 bits per heavy atom. The molecule has 2 nitrogen and oxygen atoms in total. The van der Waals surface area contributed by atoms with Gasteiger partial charge in [0.1, 0.15) is 0 Å². The third-order valence-corrected chi connectivity index (χ3v) is 13.0. The smallest absolute Gasteiger partial charge is 0.0541 e. The van der Waals surface area contributed by atoms with Crippen LogP contribution in [0.4, 0.5) is 11.4 Å². The van der Waals surface area contributed by atoms with Gasteiger partial charge in [-0.05, 0) is 146 Å².